The van der Waals surface area contributed by atoms with Crippen LogP contribution in [0.15, 0.2) is 18.5 Å². The first kappa shape index (κ1) is 8.71. The quantitative estimate of drug-likeness (QED) is 0.678. The fraction of sp³-hybridized carbons (Fsp3) is 0.333. The van der Waals surface area contributed by atoms with E-state index in [1.807, 2.05) is 13.0 Å². The Balaban J connectivity index is 2.63. The lowest BCUT2D eigenvalue weighted by atomic mass is 10.3. The van der Waals surface area contributed by atoms with E-state index in [1.165, 1.54) is 6.92 Å². The van der Waals surface area contributed by atoms with Crippen LogP contribution in [0.4, 0.5) is 0 Å². The molecule has 3 heteroatoms. The number of aryl methyl sites for hydroxylation is 1. The predicted molar refractivity (Wildman–Crippen MR) is 45.2 cm³/mol. The van der Waals surface area contributed by atoms with Crippen molar-refractivity contribution < 1.29 is 9.53 Å². The fourth-order valence-electron chi connectivity index (χ4n) is 0.780. The highest BCUT2D eigenvalue weighted by atomic mass is 16.5. The number of rotatable bonds is 3. The second-order valence-electron chi connectivity index (χ2n) is 2.63. The molecule has 0 bridgehead atoms. The summed E-state index contributed by atoms with van der Waals surface area (Å²) in [7, 11) is 0. The van der Waals surface area contributed by atoms with Gasteiger partial charge in [-0.3, -0.25) is 9.78 Å². The molecule has 0 aliphatic carbocycles. The number of ether oxygens (including phenoxy) is 1. The van der Waals surface area contributed by atoms with Gasteiger partial charge in [0.05, 0.1) is 6.20 Å². The second kappa shape index (κ2) is 3.85. The zero-order valence-electron chi connectivity index (χ0n) is 7.20. The Kier molecular flexibility index (Phi) is 2.80. The lowest BCUT2D eigenvalue weighted by Crippen LogP contribution is -2.07. The number of Topliss-reactive ketones (excluding diaryl/α,β-unsaturated/α-hetero) is 1. The molecule has 1 aromatic rings. The van der Waals surface area contributed by atoms with Gasteiger partial charge in [-0.05, 0) is 25.5 Å². The van der Waals surface area contributed by atoms with Crippen LogP contribution in [-0.4, -0.2) is 17.4 Å². The van der Waals surface area contributed by atoms with Crippen LogP contribution >= 0.6 is 0 Å². The Morgan fingerprint density at radius 1 is 1.67 bits per heavy atom. The summed E-state index contributed by atoms with van der Waals surface area (Å²) in [6.45, 7) is 3.52. The van der Waals surface area contributed by atoms with Crippen LogP contribution in [0.5, 0.6) is 5.75 Å². The molecular formula is C9H11NO2. The minimum atomic E-state index is 0.0123. The molecule has 0 N–H and O–H groups in total. The SMILES string of the molecule is CC(=O)COc1cnccc1C. The van der Waals surface area contributed by atoms with Gasteiger partial charge in [0.2, 0.25) is 0 Å². The van der Waals surface area contributed by atoms with Crippen molar-refractivity contribution >= 4 is 5.78 Å². The summed E-state index contributed by atoms with van der Waals surface area (Å²) in [5.74, 6) is 0.686. The largest absolute Gasteiger partial charge is 0.484 e. The summed E-state index contributed by atoms with van der Waals surface area (Å²) in [5, 5.41) is 0. The van der Waals surface area contributed by atoms with Crippen molar-refractivity contribution in [1.29, 1.82) is 0 Å². The third-order valence-corrected chi connectivity index (χ3v) is 1.42. The molecule has 0 aliphatic heterocycles. The molecule has 0 unspecified atom stereocenters. The van der Waals surface area contributed by atoms with E-state index in [1.54, 1.807) is 12.4 Å². The van der Waals surface area contributed by atoms with E-state index in [-0.39, 0.29) is 12.4 Å². The number of aromatic nitrogens is 1. The monoisotopic (exact) mass is 165 g/mol. The maximum Gasteiger partial charge on any atom is 0.167 e. The number of hydrogen-bond donors (Lipinski definition) is 0. The van der Waals surface area contributed by atoms with Crippen molar-refractivity contribution in [2.24, 2.45) is 0 Å². The fourth-order valence-corrected chi connectivity index (χ4v) is 0.780. The van der Waals surface area contributed by atoms with Gasteiger partial charge in [0.25, 0.3) is 0 Å². The molecule has 0 radical (unpaired) electrons. The molecule has 0 atom stereocenters. The Labute approximate surface area is 71.4 Å². The van der Waals surface area contributed by atoms with Gasteiger partial charge in [-0.25, -0.2) is 0 Å². The summed E-state index contributed by atoms with van der Waals surface area (Å²) in [4.78, 5) is 14.5. The van der Waals surface area contributed by atoms with Gasteiger partial charge in [-0.2, -0.15) is 0 Å². The Morgan fingerprint density at radius 3 is 3.00 bits per heavy atom. The van der Waals surface area contributed by atoms with Crippen molar-refractivity contribution in [1.82, 2.24) is 4.98 Å². The average molecular weight is 165 g/mol. The first-order valence-electron chi connectivity index (χ1n) is 3.73. The predicted octanol–water partition coefficient (Wildman–Crippen LogP) is 1.36. The molecule has 0 saturated carbocycles. The smallest absolute Gasteiger partial charge is 0.167 e. The second-order valence-corrected chi connectivity index (χ2v) is 2.63. The maximum absolute atomic E-state index is 10.6. The summed E-state index contributed by atoms with van der Waals surface area (Å²) >= 11 is 0. The first-order valence-corrected chi connectivity index (χ1v) is 3.73. The number of ketones is 1. The molecule has 0 aliphatic rings. The highest BCUT2D eigenvalue weighted by molar-refractivity contribution is 5.77. The lowest BCUT2D eigenvalue weighted by Gasteiger charge is -2.04. The summed E-state index contributed by atoms with van der Waals surface area (Å²) in [6, 6.07) is 1.84. The van der Waals surface area contributed by atoms with E-state index in [0.29, 0.717) is 5.75 Å². The van der Waals surface area contributed by atoms with Gasteiger partial charge in [-0.15, -0.1) is 0 Å². The molecule has 12 heavy (non-hydrogen) atoms. The van der Waals surface area contributed by atoms with Gasteiger partial charge in [0.15, 0.2) is 5.78 Å². The van der Waals surface area contributed by atoms with Crippen molar-refractivity contribution in [2.75, 3.05) is 6.61 Å². The van der Waals surface area contributed by atoms with Crippen LogP contribution in [0.3, 0.4) is 0 Å². The molecule has 0 aromatic carbocycles. The van der Waals surface area contributed by atoms with E-state index in [0.717, 1.165) is 5.56 Å². The minimum absolute atomic E-state index is 0.0123. The maximum atomic E-state index is 10.6. The number of carbonyl (C=O) groups is 1. The van der Waals surface area contributed by atoms with Gasteiger partial charge in [-0.1, -0.05) is 0 Å². The van der Waals surface area contributed by atoms with Gasteiger partial charge < -0.3 is 4.74 Å². The van der Waals surface area contributed by atoms with Gasteiger partial charge in [0, 0.05) is 6.20 Å². The molecule has 0 saturated heterocycles. The van der Waals surface area contributed by atoms with Crippen LogP contribution in [0.25, 0.3) is 0 Å². The zero-order chi connectivity index (χ0) is 8.97. The first-order chi connectivity index (χ1) is 5.70. The summed E-state index contributed by atoms with van der Waals surface area (Å²) < 4.78 is 5.19. The summed E-state index contributed by atoms with van der Waals surface area (Å²) in [6.07, 6.45) is 3.30. The third kappa shape index (κ3) is 2.34. The molecule has 0 spiro atoms. The molecule has 0 amide bonds. The molecule has 3 nitrogen and oxygen atoms in total. The van der Waals surface area contributed by atoms with Crippen LogP contribution < -0.4 is 4.74 Å². The van der Waals surface area contributed by atoms with E-state index < -0.39 is 0 Å². The zero-order valence-corrected chi connectivity index (χ0v) is 7.20. The van der Waals surface area contributed by atoms with Crippen molar-refractivity contribution in [3.05, 3.63) is 24.0 Å². The van der Waals surface area contributed by atoms with E-state index >= 15 is 0 Å². The highest BCUT2D eigenvalue weighted by Gasteiger charge is 1.99. The van der Waals surface area contributed by atoms with Crippen LogP contribution in [0.2, 0.25) is 0 Å². The number of hydrogen-bond acceptors (Lipinski definition) is 3. The molecule has 1 aromatic heterocycles. The number of pyridine rings is 1. The van der Waals surface area contributed by atoms with Crippen molar-refractivity contribution in [3.63, 3.8) is 0 Å². The lowest BCUT2D eigenvalue weighted by molar-refractivity contribution is -0.118. The van der Waals surface area contributed by atoms with E-state index in [4.69, 9.17) is 4.74 Å². The average Bonchev–Trinajstić information content (AvgIpc) is 2.03. The molecule has 1 heterocycles. The van der Waals surface area contributed by atoms with Gasteiger partial charge in [0.1, 0.15) is 12.4 Å². The van der Waals surface area contributed by atoms with Crippen LogP contribution in [0, 0.1) is 6.92 Å². The Morgan fingerprint density at radius 2 is 2.42 bits per heavy atom. The topological polar surface area (TPSA) is 39.2 Å². The normalized spacial score (nSPS) is 9.50. The molecule has 1 rings (SSSR count). The highest BCUT2D eigenvalue weighted by Crippen LogP contribution is 2.13. The number of nitrogens with zero attached hydrogens (tertiary/aromatic N) is 1. The standard InChI is InChI=1S/C9H11NO2/c1-7-3-4-10-5-9(7)12-6-8(2)11/h3-5H,6H2,1-2H3. The Hall–Kier alpha value is -1.38. The molecule has 64 valence electrons. The summed E-state index contributed by atoms with van der Waals surface area (Å²) in [5.41, 5.74) is 0.992. The minimum Gasteiger partial charge on any atom is -0.484 e. The van der Waals surface area contributed by atoms with Crippen LogP contribution in [-0.2, 0) is 4.79 Å². The third-order valence-electron chi connectivity index (χ3n) is 1.42. The van der Waals surface area contributed by atoms with E-state index in [9.17, 15) is 4.79 Å². The van der Waals surface area contributed by atoms with Crippen molar-refractivity contribution in [3.8, 4) is 5.75 Å². The van der Waals surface area contributed by atoms with E-state index in [2.05, 4.69) is 4.98 Å². The van der Waals surface area contributed by atoms with Crippen molar-refractivity contribution in [2.45, 2.75) is 13.8 Å². The Bertz CT molecular complexity index is 284. The van der Waals surface area contributed by atoms with Gasteiger partial charge >= 0.3 is 0 Å². The van der Waals surface area contributed by atoms with Crippen LogP contribution in [0.1, 0.15) is 12.5 Å². The molecule has 0 fully saturated rings. The molecular weight excluding hydrogens is 154 g/mol. The number of carbonyl (C=O) groups excluding carboxylic acids is 1.